The van der Waals surface area contributed by atoms with Crippen LogP contribution in [0.2, 0.25) is 0 Å². The Balaban J connectivity index is 1.08. The first kappa shape index (κ1) is 38.8. The van der Waals surface area contributed by atoms with Gasteiger partial charge in [-0.25, -0.2) is 23.3 Å². The van der Waals surface area contributed by atoms with E-state index in [1.54, 1.807) is 6.07 Å². The van der Waals surface area contributed by atoms with Crippen LogP contribution in [0.1, 0.15) is 41.6 Å². The van der Waals surface area contributed by atoms with Gasteiger partial charge in [0, 0.05) is 37.3 Å². The van der Waals surface area contributed by atoms with Crippen LogP contribution in [0, 0.1) is 0 Å². The number of tetrazole rings is 1. The largest absolute Gasteiger partial charge is 0.394 e. The molecule has 2 fully saturated rings. The monoisotopic (exact) mass is 811 g/mol. The average Bonchev–Trinajstić information content (AvgIpc) is 4.03. The molecule has 0 saturated carbocycles. The van der Waals surface area contributed by atoms with Crippen molar-refractivity contribution in [2.24, 2.45) is 5.14 Å². The predicted octanol–water partition coefficient (Wildman–Crippen LogP) is 1.09. The number of nitrogens with one attached hydrogen (secondary N) is 3. The van der Waals surface area contributed by atoms with Crippen LogP contribution in [0.3, 0.4) is 0 Å². The fourth-order valence-electron chi connectivity index (χ4n) is 7.17. The van der Waals surface area contributed by atoms with Gasteiger partial charge >= 0.3 is 6.03 Å². The smallest absolute Gasteiger partial charge is 0.319 e. The summed E-state index contributed by atoms with van der Waals surface area (Å²) in [6.07, 6.45) is -3.16. The molecule has 8 N–H and O–H groups in total. The minimum absolute atomic E-state index is 0.0363. The van der Waals surface area contributed by atoms with Crippen molar-refractivity contribution in [2.75, 3.05) is 41.8 Å². The number of hydrogen-bond donors (Lipinski definition) is 7. The number of fused-ring (bicyclic) bond motifs is 1. The summed E-state index contributed by atoms with van der Waals surface area (Å²) in [5.74, 6) is 0.702. The second-order valence-electron chi connectivity index (χ2n) is 13.9. The third-order valence-corrected chi connectivity index (χ3v) is 11.0. The molecule has 0 aliphatic carbocycles. The third kappa shape index (κ3) is 8.16. The standard InChI is InChI=1S/C37H41N13O7S/c38-58(55,56)26-13-7-12-24(18-26)41-37(54)42-25-14-15-48(20-25)36-43-32(39-19-27(22-8-3-1-4-9-22)23-10-5-2-6-11-23)28-34(44-36)49(21-40-28)35-30(53)29(52)31(57-35)33-45-47-50(46-33)16-17-51/h1-13,18,21,25,27,29-31,35,51-53H,14-17,19-20H2,(H2,38,55,56)(H,39,43,44)(H2,41,42,54)/t25-,29+,30+,31+,35-/m1/s1. The first-order valence-corrected chi connectivity index (χ1v) is 20.0. The molecule has 5 atom stereocenters. The van der Waals surface area contributed by atoms with Crippen LogP contribution in [0.25, 0.3) is 11.2 Å². The number of benzene rings is 3. The first-order chi connectivity index (χ1) is 28.1. The summed E-state index contributed by atoms with van der Waals surface area (Å²) >= 11 is 0. The van der Waals surface area contributed by atoms with Crippen molar-refractivity contribution in [3.63, 3.8) is 0 Å². The maximum absolute atomic E-state index is 13.0. The summed E-state index contributed by atoms with van der Waals surface area (Å²) < 4.78 is 31.3. The molecule has 0 radical (unpaired) electrons. The second kappa shape index (κ2) is 16.4. The van der Waals surface area contributed by atoms with E-state index >= 15 is 0 Å². The minimum Gasteiger partial charge on any atom is -0.394 e. The predicted molar refractivity (Wildman–Crippen MR) is 209 cm³/mol. The zero-order chi connectivity index (χ0) is 40.4. The van der Waals surface area contributed by atoms with Gasteiger partial charge in [0.2, 0.25) is 21.8 Å². The number of primary sulfonamides is 1. The number of aromatic nitrogens is 8. The van der Waals surface area contributed by atoms with Crippen LogP contribution in [0.5, 0.6) is 0 Å². The van der Waals surface area contributed by atoms with Gasteiger partial charge in [-0.1, -0.05) is 66.7 Å². The lowest BCUT2D eigenvalue weighted by atomic mass is 9.91. The summed E-state index contributed by atoms with van der Waals surface area (Å²) in [7, 11) is -3.96. The van der Waals surface area contributed by atoms with Crippen molar-refractivity contribution in [2.45, 2.75) is 54.4 Å². The number of carbonyl (C=O) groups excluding carboxylic acids is 1. The molecule has 2 aliphatic rings. The second-order valence-corrected chi connectivity index (χ2v) is 15.5. The molecule has 302 valence electrons. The van der Waals surface area contributed by atoms with E-state index in [0.29, 0.717) is 49.0 Å². The van der Waals surface area contributed by atoms with Gasteiger partial charge in [-0.15, -0.1) is 10.2 Å². The number of anilines is 3. The number of carbonyl (C=O) groups is 1. The summed E-state index contributed by atoms with van der Waals surface area (Å²) in [5, 5.41) is 58.0. The highest BCUT2D eigenvalue weighted by Crippen LogP contribution is 2.39. The van der Waals surface area contributed by atoms with Gasteiger partial charge in [-0.05, 0) is 41.0 Å². The SMILES string of the molecule is NS(=O)(=O)c1cccc(NC(=O)N[C@@H]2CCN(c3nc(NCC(c4ccccc4)c4ccccc4)c4ncn([C@@H]5O[C@H](c6nnn(CCO)n6)[C@@H](O)[C@@H]5O)c4n3)C2)c1. The van der Waals surface area contributed by atoms with Gasteiger partial charge < -0.3 is 40.9 Å². The van der Waals surface area contributed by atoms with Crippen molar-refractivity contribution in [3.8, 4) is 0 Å². The van der Waals surface area contributed by atoms with Crippen LogP contribution in [0.4, 0.5) is 22.2 Å². The molecule has 21 heteroatoms. The summed E-state index contributed by atoms with van der Waals surface area (Å²) in [4.78, 5) is 30.4. The van der Waals surface area contributed by atoms with Gasteiger partial charge in [0.15, 0.2) is 29.3 Å². The number of hydrogen-bond acceptors (Lipinski definition) is 15. The molecule has 58 heavy (non-hydrogen) atoms. The summed E-state index contributed by atoms with van der Waals surface area (Å²) in [6, 6.07) is 25.0. The number of amides is 2. The van der Waals surface area contributed by atoms with Gasteiger partial charge in [0.1, 0.15) is 12.2 Å². The van der Waals surface area contributed by atoms with E-state index in [-0.39, 0.29) is 41.5 Å². The first-order valence-electron chi connectivity index (χ1n) is 18.5. The zero-order valence-corrected chi connectivity index (χ0v) is 31.7. The van der Waals surface area contributed by atoms with E-state index in [1.807, 2.05) is 41.3 Å². The molecule has 6 aromatic rings. The fraction of sp³-hybridized carbons (Fsp3) is 0.324. The maximum Gasteiger partial charge on any atom is 0.319 e. The Labute approximate surface area is 331 Å². The molecule has 20 nitrogen and oxygen atoms in total. The number of nitrogens with two attached hydrogens (primary N) is 1. The van der Waals surface area contributed by atoms with Crippen LogP contribution >= 0.6 is 0 Å². The van der Waals surface area contributed by atoms with E-state index in [1.165, 1.54) is 33.9 Å². The van der Waals surface area contributed by atoms with E-state index in [9.17, 15) is 28.5 Å². The average molecular weight is 812 g/mol. The van der Waals surface area contributed by atoms with Gasteiger partial charge in [0.25, 0.3) is 0 Å². The van der Waals surface area contributed by atoms with Gasteiger partial charge in [-0.2, -0.15) is 14.8 Å². The van der Waals surface area contributed by atoms with E-state index in [0.717, 1.165) is 11.1 Å². The Hall–Kier alpha value is -6.10. The van der Waals surface area contributed by atoms with Crippen LogP contribution < -0.4 is 26.0 Å². The number of aliphatic hydroxyl groups excluding tert-OH is 3. The Kier molecular flexibility index (Phi) is 11.0. The summed E-state index contributed by atoms with van der Waals surface area (Å²) in [6.45, 7) is 1.11. The number of urea groups is 1. The molecule has 0 spiro atoms. The molecule has 3 aromatic heterocycles. The number of aliphatic hydroxyl groups is 3. The van der Waals surface area contributed by atoms with Crippen LogP contribution in [-0.2, 0) is 21.3 Å². The number of nitrogens with zero attached hydrogens (tertiary/aromatic N) is 9. The number of ether oxygens (including phenoxy) is 1. The Morgan fingerprint density at radius 1 is 0.983 bits per heavy atom. The van der Waals surface area contributed by atoms with Crippen molar-refractivity contribution in [1.82, 2.24) is 45.0 Å². The summed E-state index contributed by atoms with van der Waals surface area (Å²) in [5.41, 5.74) is 3.13. The lowest BCUT2D eigenvalue weighted by molar-refractivity contribution is -0.0384. The fourth-order valence-corrected chi connectivity index (χ4v) is 7.73. The van der Waals surface area contributed by atoms with Gasteiger partial charge in [0.05, 0.1) is 24.4 Å². The highest BCUT2D eigenvalue weighted by molar-refractivity contribution is 7.89. The molecule has 0 unspecified atom stereocenters. The molecular formula is C37H41N13O7S. The van der Waals surface area contributed by atoms with Gasteiger partial charge in [-0.3, -0.25) is 4.57 Å². The highest BCUT2D eigenvalue weighted by atomic mass is 32.2. The Morgan fingerprint density at radius 2 is 1.72 bits per heavy atom. The molecule has 8 rings (SSSR count). The van der Waals surface area contributed by atoms with Crippen LogP contribution in [0.15, 0.2) is 96.2 Å². The normalized spacial score (nSPS) is 20.8. The number of sulfonamides is 1. The van der Waals surface area contributed by atoms with Crippen molar-refractivity contribution < 1.29 is 33.3 Å². The molecule has 2 amide bonds. The maximum atomic E-state index is 13.0. The minimum atomic E-state index is -3.96. The molecule has 2 saturated heterocycles. The van der Waals surface area contributed by atoms with E-state index in [4.69, 9.17) is 19.8 Å². The topological polar surface area (TPSA) is 274 Å². The molecular weight excluding hydrogens is 771 g/mol. The number of rotatable bonds is 13. The van der Waals surface area contributed by atoms with Crippen LogP contribution in [-0.4, -0.2) is 114 Å². The lowest BCUT2D eigenvalue weighted by Crippen LogP contribution is -2.40. The quantitative estimate of drug-likeness (QED) is 0.0860. The van der Waals surface area contributed by atoms with Crippen molar-refractivity contribution in [3.05, 3.63) is 108 Å². The molecule has 3 aromatic carbocycles. The van der Waals surface area contributed by atoms with E-state index < -0.39 is 40.6 Å². The molecule has 0 bridgehead atoms. The Bertz CT molecular complexity index is 2450. The Morgan fingerprint density at radius 3 is 2.43 bits per heavy atom. The highest BCUT2D eigenvalue weighted by Gasteiger charge is 2.47. The number of imidazole rings is 1. The third-order valence-electron chi connectivity index (χ3n) is 10.0. The van der Waals surface area contributed by atoms with Crippen molar-refractivity contribution >= 4 is 44.7 Å². The molecule has 2 aliphatic heterocycles. The lowest BCUT2D eigenvalue weighted by Gasteiger charge is -2.22. The van der Waals surface area contributed by atoms with Crippen molar-refractivity contribution in [1.29, 1.82) is 0 Å². The van der Waals surface area contributed by atoms with E-state index in [2.05, 4.69) is 60.6 Å². The zero-order valence-electron chi connectivity index (χ0n) is 30.9. The molecule has 5 heterocycles.